The third-order valence-electron chi connectivity index (χ3n) is 4.42. The van der Waals surface area contributed by atoms with Gasteiger partial charge in [0.15, 0.2) is 5.13 Å². The monoisotopic (exact) mass is 457 g/mol. The van der Waals surface area contributed by atoms with E-state index >= 15 is 0 Å². The average Bonchev–Trinajstić information content (AvgIpc) is 3.20. The number of carbonyl (C=O) groups excluding carboxylic acids is 2. The molecule has 0 aliphatic heterocycles. The number of rotatable bonds is 9. The Hall–Kier alpha value is -2.90. The summed E-state index contributed by atoms with van der Waals surface area (Å²) in [6.45, 7) is 4.15. The van der Waals surface area contributed by atoms with Crippen molar-refractivity contribution in [1.82, 2.24) is 10.3 Å². The van der Waals surface area contributed by atoms with Gasteiger partial charge in [0.2, 0.25) is 11.8 Å². The van der Waals surface area contributed by atoms with Gasteiger partial charge in [0.05, 0.1) is 24.8 Å². The summed E-state index contributed by atoms with van der Waals surface area (Å²) in [5, 5.41) is 8.48. The molecule has 0 saturated heterocycles. The molecule has 0 aliphatic carbocycles. The Bertz CT molecular complexity index is 1040. The number of amides is 2. The molecule has 31 heavy (non-hydrogen) atoms. The maximum Gasteiger partial charge on any atom is 0.228 e. The molecule has 0 fully saturated rings. The fraction of sp³-hybridized carbons (Fsp3) is 0.261. The highest BCUT2D eigenvalue weighted by molar-refractivity contribution is 7.14. The molecule has 1 aromatic heterocycles. The largest absolute Gasteiger partial charge is 0.494 e. The molecule has 0 spiro atoms. The van der Waals surface area contributed by atoms with Gasteiger partial charge < -0.3 is 15.4 Å². The molecule has 0 saturated carbocycles. The van der Waals surface area contributed by atoms with Crippen LogP contribution in [0.15, 0.2) is 53.9 Å². The summed E-state index contributed by atoms with van der Waals surface area (Å²) >= 11 is 7.60. The normalized spacial score (nSPS) is 11.6. The van der Waals surface area contributed by atoms with Crippen LogP contribution in [0.4, 0.5) is 5.13 Å². The SMILES string of the molecule is CCCOc1ccc(-c2csc(NC(=O)C[C@H](NC(C)=O)c3ccccc3Cl)n2)cc1. The second-order valence-electron chi connectivity index (χ2n) is 6.94. The van der Waals surface area contributed by atoms with Crippen LogP contribution in [-0.4, -0.2) is 23.4 Å². The smallest absolute Gasteiger partial charge is 0.228 e. The third kappa shape index (κ3) is 6.54. The van der Waals surface area contributed by atoms with Gasteiger partial charge in [-0.2, -0.15) is 0 Å². The van der Waals surface area contributed by atoms with E-state index in [1.807, 2.05) is 35.7 Å². The maximum atomic E-state index is 12.6. The molecule has 0 bridgehead atoms. The second-order valence-corrected chi connectivity index (χ2v) is 8.20. The fourth-order valence-electron chi connectivity index (χ4n) is 3.00. The van der Waals surface area contributed by atoms with Crippen molar-refractivity contribution in [2.75, 3.05) is 11.9 Å². The highest BCUT2D eigenvalue weighted by Crippen LogP contribution is 2.28. The average molecular weight is 458 g/mol. The Kier molecular flexibility index (Phi) is 8.03. The van der Waals surface area contributed by atoms with Gasteiger partial charge in [-0.1, -0.05) is 36.7 Å². The molecule has 0 radical (unpaired) electrons. The summed E-state index contributed by atoms with van der Waals surface area (Å²) in [6, 6.07) is 14.3. The van der Waals surface area contributed by atoms with Crippen molar-refractivity contribution >= 4 is 39.9 Å². The summed E-state index contributed by atoms with van der Waals surface area (Å²) in [7, 11) is 0. The topological polar surface area (TPSA) is 80.3 Å². The molecule has 6 nitrogen and oxygen atoms in total. The van der Waals surface area contributed by atoms with Crippen molar-refractivity contribution in [2.45, 2.75) is 32.7 Å². The van der Waals surface area contributed by atoms with Crippen LogP contribution >= 0.6 is 22.9 Å². The summed E-state index contributed by atoms with van der Waals surface area (Å²) in [6.07, 6.45) is 0.998. The molecule has 2 aromatic carbocycles. The zero-order valence-corrected chi connectivity index (χ0v) is 18.9. The van der Waals surface area contributed by atoms with Crippen LogP contribution < -0.4 is 15.4 Å². The zero-order chi connectivity index (χ0) is 22.2. The standard InChI is InChI=1S/C23H24ClN3O3S/c1-3-12-30-17-10-8-16(9-11-17)21-14-31-23(26-21)27-22(29)13-20(25-15(2)28)18-6-4-5-7-19(18)24/h4-11,14,20H,3,12-13H2,1-2H3,(H,25,28)(H,26,27,29)/t20-/m0/s1. The molecule has 0 aliphatic rings. The highest BCUT2D eigenvalue weighted by Gasteiger charge is 2.20. The van der Waals surface area contributed by atoms with Crippen molar-refractivity contribution < 1.29 is 14.3 Å². The lowest BCUT2D eigenvalue weighted by Crippen LogP contribution is -2.30. The first-order valence-corrected chi connectivity index (χ1v) is 11.2. The van der Waals surface area contributed by atoms with Crippen LogP contribution in [0.1, 0.15) is 38.3 Å². The van der Waals surface area contributed by atoms with Crippen LogP contribution in [0.25, 0.3) is 11.3 Å². The van der Waals surface area contributed by atoms with Crippen molar-refractivity contribution in [2.24, 2.45) is 0 Å². The van der Waals surface area contributed by atoms with E-state index in [2.05, 4.69) is 22.5 Å². The van der Waals surface area contributed by atoms with Gasteiger partial charge in [-0.05, 0) is 42.3 Å². The number of nitrogens with one attached hydrogen (secondary N) is 2. The van der Waals surface area contributed by atoms with Crippen LogP contribution in [-0.2, 0) is 9.59 Å². The van der Waals surface area contributed by atoms with E-state index in [1.165, 1.54) is 18.3 Å². The van der Waals surface area contributed by atoms with E-state index in [1.54, 1.807) is 18.2 Å². The van der Waals surface area contributed by atoms with Crippen LogP contribution in [0.5, 0.6) is 5.75 Å². The number of ether oxygens (including phenoxy) is 1. The number of nitrogens with zero attached hydrogens (tertiary/aromatic N) is 1. The lowest BCUT2D eigenvalue weighted by molar-refractivity contribution is -0.120. The minimum Gasteiger partial charge on any atom is -0.494 e. The minimum atomic E-state index is -0.527. The lowest BCUT2D eigenvalue weighted by atomic mass is 10.0. The molecular weight excluding hydrogens is 434 g/mol. The van der Waals surface area contributed by atoms with Crippen molar-refractivity contribution in [3.05, 3.63) is 64.5 Å². The van der Waals surface area contributed by atoms with Crippen molar-refractivity contribution in [1.29, 1.82) is 0 Å². The van der Waals surface area contributed by atoms with Crippen LogP contribution in [0, 0.1) is 0 Å². The number of carbonyl (C=O) groups is 2. The minimum absolute atomic E-state index is 0.0433. The number of thiazole rings is 1. The summed E-state index contributed by atoms with van der Waals surface area (Å²) in [5.41, 5.74) is 2.40. The van der Waals surface area contributed by atoms with E-state index in [0.717, 1.165) is 23.4 Å². The predicted octanol–water partition coefficient (Wildman–Crippen LogP) is 5.46. The van der Waals surface area contributed by atoms with Crippen LogP contribution in [0.2, 0.25) is 5.02 Å². The molecule has 3 rings (SSSR count). The van der Waals surface area contributed by atoms with Gasteiger partial charge >= 0.3 is 0 Å². The van der Waals surface area contributed by atoms with Crippen LogP contribution in [0.3, 0.4) is 0 Å². The van der Waals surface area contributed by atoms with E-state index in [-0.39, 0.29) is 18.2 Å². The Morgan fingerprint density at radius 1 is 1.16 bits per heavy atom. The molecule has 162 valence electrons. The quantitative estimate of drug-likeness (QED) is 0.447. The summed E-state index contributed by atoms with van der Waals surface area (Å²) < 4.78 is 5.60. The van der Waals surface area contributed by atoms with Crippen molar-refractivity contribution in [3.63, 3.8) is 0 Å². The molecule has 2 amide bonds. The number of aromatic nitrogens is 1. The van der Waals surface area contributed by atoms with Gasteiger partial charge in [-0.15, -0.1) is 11.3 Å². The lowest BCUT2D eigenvalue weighted by Gasteiger charge is -2.18. The first-order valence-electron chi connectivity index (χ1n) is 9.96. The highest BCUT2D eigenvalue weighted by atomic mass is 35.5. The fourth-order valence-corrected chi connectivity index (χ4v) is 4.01. The van der Waals surface area contributed by atoms with E-state index in [4.69, 9.17) is 16.3 Å². The van der Waals surface area contributed by atoms with Gasteiger partial charge in [-0.25, -0.2) is 4.98 Å². The molecule has 1 heterocycles. The van der Waals surface area contributed by atoms with E-state index in [0.29, 0.717) is 22.3 Å². The number of anilines is 1. The predicted molar refractivity (Wildman–Crippen MR) is 125 cm³/mol. The summed E-state index contributed by atoms with van der Waals surface area (Å²) in [4.78, 5) is 28.7. The summed E-state index contributed by atoms with van der Waals surface area (Å²) in [5.74, 6) is 0.321. The van der Waals surface area contributed by atoms with Gasteiger partial charge in [0.25, 0.3) is 0 Å². The Morgan fingerprint density at radius 2 is 1.90 bits per heavy atom. The molecule has 2 N–H and O–H groups in total. The number of halogens is 1. The second kappa shape index (κ2) is 10.9. The number of benzene rings is 2. The maximum absolute atomic E-state index is 12.6. The first kappa shape index (κ1) is 22.8. The van der Waals surface area contributed by atoms with Gasteiger partial charge in [-0.3, -0.25) is 9.59 Å². The van der Waals surface area contributed by atoms with E-state index < -0.39 is 6.04 Å². The first-order chi connectivity index (χ1) is 15.0. The number of hydrogen-bond acceptors (Lipinski definition) is 5. The van der Waals surface area contributed by atoms with Gasteiger partial charge in [0, 0.05) is 22.9 Å². The third-order valence-corrected chi connectivity index (χ3v) is 5.52. The zero-order valence-electron chi connectivity index (χ0n) is 17.4. The molecule has 8 heteroatoms. The van der Waals surface area contributed by atoms with Gasteiger partial charge in [0.1, 0.15) is 5.75 Å². The van der Waals surface area contributed by atoms with Crippen molar-refractivity contribution in [3.8, 4) is 17.0 Å². The molecule has 3 aromatic rings. The Balaban J connectivity index is 1.65. The Labute approximate surface area is 190 Å². The molecule has 1 atom stereocenters. The molecular formula is C23H24ClN3O3S. The van der Waals surface area contributed by atoms with E-state index in [9.17, 15) is 9.59 Å². The molecule has 0 unspecified atom stereocenters. The number of hydrogen-bond donors (Lipinski definition) is 2. The Morgan fingerprint density at radius 3 is 2.58 bits per heavy atom.